The van der Waals surface area contributed by atoms with Gasteiger partial charge in [0.1, 0.15) is 36.6 Å². The molecule has 4 rings (SSSR count). The minimum absolute atomic E-state index is 0.150. The van der Waals surface area contributed by atoms with Crippen LogP contribution >= 0.6 is 0 Å². The molecule has 0 spiro atoms. The van der Waals surface area contributed by atoms with Gasteiger partial charge in [-0.2, -0.15) is 26.3 Å². The topological polar surface area (TPSA) is 246 Å². The lowest BCUT2D eigenvalue weighted by atomic mass is 9.93. The maximum atomic E-state index is 13.3. The molecular weight excluding hydrogens is 742 g/mol. The van der Waals surface area contributed by atoms with Crippen LogP contribution in [0.1, 0.15) is 24.5 Å². The van der Waals surface area contributed by atoms with Crippen LogP contribution in [0.15, 0.2) is 48.5 Å². The summed E-state index contributed by atoms with van der Waals surface area (Å²) in [6.07, 6.45) is -19.4. The third-order valence-electron chi connectivity index (χ3n) is 8.59. The standard InChI is InChI=1S/C32H40F6N6O10/c1-2-18(39)27(49)43-22-20(11-45)52-13-19(42-29(50)40-16-7-3-5-14(9-16)31(33,34)35)26(22)54-28-23(25(48)24(47)21(12-46)53-28)44-30(51)41-17-8-4-6-15(10-17)32(36,37)38/h3-10,18-26,28,45-48H,2,11-13,39H2,1H3,(H,43,49)(H2,40,42,50)(H2,41,44,51)/t18-,19?,20?,21?,22-,23?,24+,25+,26+,28-/m0/s1. The summed E-state index contributed by atoms with van der Waals surface area (Å²) < 4.78 is 97.1. The van der Waals surface area contributed by atoms with E-state index in [0.29, 0.717) is 12.1 Å². The Morgan fingerprint density at radius 1 is 0.833 bits per heavy atom. The first kappa shape index (κ1) is 42.5. The molecule has 0 saturated carbocycles. The number of anilines is 2. The summed E-state index contributed by atoms with van der Waals surface area (Å²) in [6.45, 7) is -0.517. The Morgan fingerprint density at radius 2 is 1.37 bits per heavy atom. The van der Waals surface area contributed by atoms with Gasteiger partial charge in [0.05, 0.1) is 49.1 Å². The van der Waals surface area contributed by atoms with Crippen LogP contribution in [0.4, 0.5) is 47.3 Å². The number of benzene rings is 2. The number of hydrogen-bond acceptors (Lipinski definition) is 11. The zero-order chi connectivity index (χ0) is 40.0. The van der Waals surface area contributed by atoms with E-state index in [1.807, 2.05) is 0 Å². The van der Waals surface area contributed by atoms with Crippen molar-refractivity contribution in [3.63, 3.8) is 0 Å². The second-order valence-corrected chi connectivity index (χ2v) is 12.4. The molecule has 2 heterocycles. The van der Waals surface area contributed by atoms with Gasteiger partial charge in [-0.15, -0.1) is 0 Å². The van der Waals surface area contributed by atoms with Crippen molar-refractivity contribution in [2.45, 2.75) is 86.7 Å². The Balaban J connectivity index is 1.65. The van der Waals surface area contributed by atoms with Crippen LogP contribution in [0.2, 0.25) is 0 Å². The van der Waals surface area contributed by atoms with Gasteiger partial charge in [-0.25, -0.2) is 9.59 Å². The van der Waals surface area contributed by atoms with E-state index in [-0.39, 0.29) is 17.8 Å². The number of halogens is 6. The quantitative estimate of drug-likeness (QED) is 0.143. The highest BCUT2D eigenvalue weighted by molar-refractivity contribution is 5.90. The first-order chi connectivity index (χ1) is 25.4. The smallest absolute Gasteiger partial charge is 0.394 e. The van der Waals surface area contributed by atoms with Gasteiger partial charge in [-0.3, -0.25) is 4.79 Å². The second kappa shape index (κ2) is 17.9. The molecule has 10 atom stereocenters. The lowest BCUT2D eigenvalue weighted by Gasteiger charge is -2.47. The average molecular weight is 783 g/mol. The zero-order valence-electron chi connectivity index (χ0n) is 28.3. The van der Waals surface area contributed by atoms with Gasteiger partial charge in [-0.05, 0) is 42.8 Å². The Hall–Kier alpha value is -4.29. The Morgan fingerprint density at radius 3 is 1.87 bits per heavy atom. The SMILES string of the molecule is CC[C@H](N)C(=O)N[C@H]1C(CO)OCC(NC(=O)Nc2cccc(C(F)(F)F)c2)[C@H]1O[C@@H]1OC(CO)[C@@H](O)[C@H](O)C1NC(=O)Nc1cccc(C(F)(F)F)c1. The number of aliphatic hydroxyl groups is 4. The molecule has 0 radical (unpaired) electrons. The van der Waals surface area contributed by atoms with Crippen molar-refractivity contribution in [3.05, 3.63) is 59.7 Å². The van der Waals surface area contributed by atoms with Crippen molar-refractivity contribution in [1.29, 1.82) is 0 Å². The molecule has 2 aromatic rings. The minimum atomic E-state index is -4.75. The number of nitrogens with two attached hydrogens (primary N) is 1. The maximum absolute atomic E-state index is 13.3. The first-order valence-electron chi connectivity index (χ1n) is 16.4. The molecule has 2 aliphatic rings. The number of carbonyl (C=O) groups is 3. The van der Waals surface area contributed by atoms with Gasteiger partial charge in [-0.1, -0.05) is 19.1 Å². The van der Waals surface area contributed by atoms with E-state index in [1.54, 1.807) is 6.92 Å². The molecule has 4 unspecified atom stereocenters. The number of aliphatic hydroxyl groups excluding tert-OH is 4. The van der Waals surface area contributed by atoms with Crippen LogP contribution in [0, 0.1) is 0 Å². The predicted octanol–water partition coefficient (Wildman–Crippen LogP) is 0.842. The molecule has 0 aliphatic carbocycles. The van der Waals surface area contributed by atoms with E-state index < -0.39 is 122 Å². The van der Waals surface area contributed by atoms with Gasteiger partial charge >= 0.3 is 24.4 Å². The summed E-state index contributed by atoms with van der Waals surface area (Å²) in [7, 11) is 0. The Kier molecular flexibility index (Phi) is 14.1. The highest BCUT2D eigenvalue weighted by Gasteiger charge is 2.50. The third kappa shape index (κ3) is 10.7. The molecule has 2 saturated heterocycles. The van der Waals surface area contributed by atoms with Crippen LogP contribution in [0.25, 0.3) is 0 Å². The molecule has 22 heteroatoms. The summed E-state index contributed by atoms with van der Waals surface area (Å²) in [6, 6.07) is -0.657. The molecule has 2 fully saturated rings. The van der Waals surface area contributed by atoms with Crippen LogP contribution in [-0.2, 0) is 31.4 Å². The molecule has 2 aliphatic heterocycles. The fourth-order valence-corrected chi connectivity index (χ4v) is 5.70. The summed E-state index contributed by atoms with van der Waals surface area (Å²) in [5.74, 6) is -0.768. The maximum Gasteiger partial charge on any atom is 0.416 e. The van der Waals surface area contributed by atoms with Gasteiger partial charge in [0.25, 0.3) is 0 Å². The molecule has 0 bridgehead atoms. The van der Waals surface area contributed by atoms with E-state index in [0.717, 1.165) is 30.3 Å². The number of amides is 5. The van der Waals surface area contributed by atoms with Crippen LogP contribution in [0.5, 0.6) is 0 Å². The van der Waals surface area contributed by atoms with Crippen LogP contribution < -0.4 is 32.3 Å². The van der Waals surface area contributed by atoms with Crippen LogP contribution in [0.3, 0.4) is 0 Å². The normalized spacial score (nSPS) is 28.0. The Bertz CT molecular complexity index is 1610. The Labute approximate surface area is 303 Å². The van der Waals surface area contributed by atoms with Crippen molar-refractivity contribution < 1.29 is 75.4 Å². The van der Waals surface area contributed by atoms with Gasteiger partial charge in [0.2, 0.25) is 5.91 Å². The van der Waals surface area contributed by atoms with E-state index in [4.69, 9.17) is 19.9 Å². The fraction of sp³-hybridized carbons (Fsp3) is 0.531. The number of rotatable bonds is 11. The minimum Gasteiger partial charge on any atom is -0.394 e. The number of nitrogens with one attached hydrogen (secondary N) is 5. The summed E-state index contributed by atoms with van der Waals surface area (Å²) in [5.41, 5.74) is 3.16. The largest absolute Gasteiger partial charge is 0.416 e. The number of hydrogen-bond donors (Lipinski definition) is 10. The van der Waals surface area contributed by atoms with Crippen molar-refractivity contribution in [2.24, 2.45) is 5.73 Å². The van der Waals surface area contributed by atoms with Crippen molar-refractivity contribution in [3.8, 4) is 0 Å². The van der Waals surface area contributed by atoms with Crippen molar-refractivity contribution in [2.75, 3.05) is 30.5 Å². The van der Waals surface area contributed by atoms with E-state index in [2.05, 4.69) is 26.6 Å². The van der Waals surface area contributed by atoms with E-state index >= 15 is 0 Å². The van der Waals surface area contributed by atoms with Gasteiger partial charge in [0, 0.05) is 11.4 Å². The molecule has 300 valence electrons. The second-order valence-electron chi connectivity index (χ2n) is 12.4. The monoisotopic (exact) mass is 782 g/mol. The molecule has 11 N–H and O–H groups in total. The molecular formula is C32H40F6N6O10. The number of urea groups is 2. The van der Waals surface area contributed by atoms with Gasteiger partial charge in [0.15, 0.2) is 6.29 Å². The summed E-state index contributed by atoms with van der Waals surface area (Å²) >= 11 is 0. The lowest BCUT2D eigenvalue weighted by molar-refractivity contribution is -0.293. The fourth-order valence-electron chi connectivity index (χ4n) is 5.70. The first-order valence-corrected chi connectivity index (χ1v) is 16.4. The van der Waals surface area contributed by atoms with E-state index in [1.165, 1.54) is 6.07 Å². The predicted molar refractivity (Wildman–Crippen MR) is 174 cm³/mol. The van der Waals surface area contributed by atoms with Crippen molar-refractivity contribution >= 4 is 29.3 Å². The van der Waals surface area contributed by atoms with Crippen molar-refractivity contribution in [1.82, 2.24) is 16.0 Å². The van der Waals surface area contributed by atoms with E-state index in [9.17, 15) is 61.2 Å². The summed E-state index contributed by atoms with van der Waals surface area (Å²) in [5, 5.41) is 53.4. The third-order valence-corrected chi connectivity index (χ3v) is 8.59. The zero-order valence-corrected chi connectivity index (χ0v) is 28.3. The average Bonchev–Trinajstić information content (AvgIpc) is 3.11. The molecule has 0 aromatic heterocycles. The molecule has 2 aromatic carbocycles. The lowest BCUT2D eigenvalue weighted by Crippen LogP contribution is -2.71. The summed E-state index contributed by atoms with van der Waals surface area (Å²) in [4.78, 5) is 39.2. The molecule has 54 heavy (non-hydrogen) atoms. The molecule has 5 amide bonds. The highest BCUT2D eigenvalue weighted by atomic mass is 19.4. The molecule has 16 nitrogen and oxygen atoms in total. The number of alkyl halides is 6. The number of ether oxygens (including phenoxy) is 3. The van der Waals surface area contributed by atoms with Crippen LogP contribution in [-0.4, -0.2) is 119 Å². The highest BCUT2D eigenvalue weighted by Crippen LogP contribution is 2.32. The number of carbonyl (C=O) groups excluding carboxylic acids is 3. The van der Waals surface area contributed by atoms with Gasteiger partial charge < -0.3 is 67.0 Å².